The lowest BCUT2D eigenvalue weighted by molar-refractivity contribution is -0.0511. The van der Waals surface area contributed by atoms with Gasteiger partial charge in [-0.15, -0.1) is 12.6 Å². The van der Waals surface area contributed by atoms with Crippen LogP contribution in [-0.4, -0.2) is 59.8 Å². The van der Waals surface area contributed by atoms with Crippen LogP contribution in [0, 0.1) is 0 Å². The number of rotatable bonds is 5. The minimum atomic E-state index is -1.20. The molecule has 0 saturated carbocycles. The van der Waals surface area contributed by atoms with Crippen LogP contribution in [0.15, 0.2) is 41.8 Å². The molecule has 2 aromatic heterocycles. The summed E-state index contributed by atoms with van der Waals surface area (Å²) in [6.45, 7) is 0.134. The number of aliphatic hydroxyl groups excluding tert-OH is 3. The minimum absolute atomic E-state index is 0.395. The Labute approximate surface area is 160 Å². The molecule has 4 N–H and O–H groups in total. The van der Waals surface area contributed by atoms with E-state index in [1.54, 1.807) is 0 Å². The predicted molar refractivity (Wildman–Crippen MR) is 99.4 cm³/mol. The van der Waals surface area contributed by atoms with Crippen LogP contribution >= 0.6 is 12.6 Å². The van der Waals surface area contributed by atoms with Crippen LogP contribution in [0.3, 0.4) is 0 Å². The second-order valence-corrected chi connectivity index (χ2v) is 6.82. The summed E-state index contributed by atoms with van der Waals surface area (Å²) in [5.41, 5.74) is 2.00. The molecule has 3 heterocycles. The standard InChI is InChI=1S/C17H19N5O4S/c23-6-11-13(24)14(25)17(26-11)22-8-21-12-15(19-7-20-16(12)22)18-5-9-2-1-3-10(27)4-9/h1-4,7-8,11,13-14,17,23-25,27H,5-6H2,(H,18,19,20)/t11-,13-,14-,17-/m1/s1. The van der Waals surface area contributed by atoms with Crippen molar-refractivity contribution in [3.8, 4) is 0 Å². The van der Waals surface area contributed by atoms with E-state index in [-0.39, 0.29) is 0 Å². The van der Waals surface area contributed by atoms with E-state index < -0.39 is 31.1 Å². The van der Waals surface area contributed by atoms with Crippen molar-refractivity contribution in [2.75, 3.05) is 11.9 Å². The van der Waals surface area contributed by atoms with Crippen LogP contribution in [0.1, 0.15) is 11.8 Å². The Balaban J connectivity index is 1.60. The molecule has 1 aromatic carbocycles. The molecular weight excluding hydrogens is 370 g/mol. The normalized spacial score (nSPS) is 25.2. The van der Waals surface area contributed by atoms with Crippen LogP contribution in [0.5, 0.6) is 0 Å². The van der Waals surface area contributed by atoms with Crippen LogP contribution in [-0.2, 0) is 11.3 Å². The molecule has 1 fully saturated rings. The third-order valence-electron chi connectivity index (χ3n) is 4.52. The molecule has 0 unspecified atom stereocenters. The summed E-state index contributed by atoms with van der Waals surface area (Å²) >= 11 is 4.33. The van der Waals surface area contributed by atoms with Crippen molar-refractivity contribution in [2.24, 2.45) is 0 Å². The summed E-state index contributed by atoms with van der Waals surface area (Å²) in [7, 11) is 0. The molecule has 27 heavy (non-hydrogen) atoms. The van der Waals surface area contributed by atoms with Gasteiger partial charge in [0.2, 0.25) is 0 Å². The zero-order valence-electron chi connectivity index (χ0n) is 14.2. The van der Waals surface area contributed by atoms with Crippen molar-refractivity contribution in [1.82, 2.24) is 19.5 Å². The number of nitrogens with one attached hydrogen (secondary N) is 1. The number of aliphatic hydroxyl groups is 3. The lowest BCUT2D eigenvalue weighted by Gasteiger charge is -2.16. The maximum Gasteiger partial charge on any atom is 0.167 e. The van der Waals surface area contributed by atoms with E-state index in [0.29, 0.717) is 23.5 Å². The van der Waals surface area contributed by atoms with Gasteiger partial charge in [-0.2, -0.15) is 0 Å². The van der Waals surface area contributed by atoms with Crippen molar-refractivity contribution in [1.29, 1.82) is 0 Å². The van der Waals surface area contributed by atoms with E-state index in [4.69, 9.17) is 4.74 Å². The quantitative estimate of drug-likeness (QED) is 0.396. The van der Waals surface area contributed by atoms with Gasteiger partial charge in [-0.25, -0.2) is 15.0 Å². The largest absolute Gasteiger partial charge is 0.394 e. The third kappa shape index (κ3) is 3.37. The number of aromatic nitrogens is 4. The Morgan fingerprint density at radius 2 is 2.04 bits per heavy atom. The molecule has 1 saturated heterocycles. The second-order valence-electron chi connectivity index (χ2n) is 6.30. The number of hydrogen-bond donors (Lipinski definition) is 5. The topological polar surface area (TPSA) is 126 Å². The molecular formula is C17H19N5O4S. The smallest absolute Gasteiger partial charge is 0.167 e. The summed E-state index contributed by atoms with van der Waals surface area (Å²) in [5, 5.41) is 32.7. The highest BCUT2D eigenvalue weighted by Crippen LogP contribution is 2.32. The summed E-state index contributed by atoms with van der Waals surface area (Å²) in [4.78, 5) is 13.7. The van der Waals surface area contributed by atoms with Crippen molar-refractivity contribution in [3.05, 3.63) is 42.5 Å². The van der Waals surface area contributed by atoms with Gasteiger partial charge in [0.15, 0.2) is 23.2 Å². The predicted octanol–water partition coefficient (Wildman–Crippen LogP) is 0.339. The molecule has 10 heteroatoms. The highest BCUT2D eigenvalue weighted by molar-refractivity contribution is 7.80. The summed E-state index contributed by atoms with van der Waals surface area (Å²) in [5.74, 6) is 0.537. The van der Waals surface area contributed by atoms with Crippen molar-refractivity contribution >= 4 is 29.6 Å². The molecule has 1 aliphatic rings. The number of anilines is 1. The van der Waals surface area contributed by atoms with Gasteiger partial charge in [0, 0.05) is 11.4 Å². The van der Waals surface area contributed by atoms with Crippen LogP contribution in [0.4, 0.5) is 5.82 Å². The zero-order chi connectivity index (χ0) is 19.0. The third-order valence-corrected chi connectivity index (χ3v) is 4.80. The number of fused-ring (bicyclic) bond motifs is 1. The van der Waals surface area contributed by atoms with Gasteiger partial charge in [-0.1, -0.05) is 12.1 Å². The molecule has 0 amide bonds. The van der Waals surface area contributed by atoms with Gasteiger partial charge < -0.3 is 25.4 Å². The Kier molecular flexibility index (Phi) is 4.98. The first kappa shape index (κ1) is 18.1. The second kappa shape index (κ2) is 7.41. The fourth-order valence-corrected chi connectivity index (χ4v) is 3.38. The van der Waals surface area contributed by atoms with E-state index in [0.717, 1.165) is 10.5 Å². The van der Waals surface area contributed by atoms with Crippen molar-refractivity contribution < 1.29 is 20.1 Å². The SMILES string of the molecule is OC[C@H]1O[C@@H](n2cnc3c(NCc4cccc(S)c4)ncnc32)[C@H](O)[C@@H]1O. The average molecular weight is 389 g/mol. The molecule has 4 atom stereocenters. The number of imidazole rings is 1. The van der Waals surface area contributed by atoms with Crippen LogP contribution < -0.4 is 5.32 Å². The van der Waals surface area contributed by atoms with E-state index >= 15 is 0 Å². The Bertz CT molecular complexity index is 952. The van der Waals surface area contributed by atoms with Gasteiger partial charge in [0.1, 0.15) is 24.6 Å². The van der Waals surface area contributed by atoms with Crippen molar-refractivity contribution in [2.45, 2.75) is 36.0 Å². The Morgan fingerprint density at radius 3 is 2.78 bits per heavy atom. The summed E-state index contributed by atoms with van der Waals surface area (Å²) < 4.78 is 7.08. The first-order valence-electron chi connectivity index (χ1n) is 8.40. The van der Waals surface area contributed by atoms with Gasteiger partial charge >= 0.3 is 0 Å². The molecule has 1 aliphatic heterocycles. The Morgan fingerprint density at radius 1 is 1.19 bits per heavy atom. The molecule has 0 aliphatic carbocycles. The van der Waals surface area contributed by atoms with E-state index in [9.17, 15) is 15.3 Å². The molecule has 0 bridgehead atoms. The van der Waals surface area contributed by atoms with Gasteiger partial charge in [-0.3, -0.25) is 4.57 Å². The molecule has 0 spiro atoms. The van der Waals surface area contributed by atoms with Crippen LogP contribution in [0.2, 0.25) is 0 Å². The highest BCUT2D eigenvalue weighted by Gasteiger charge is 2.44. The number of hydrogen-bond acceptors (Lipinski definition) is 9. The maximum atomic E-state index is 10.2. The lowest BCUT2D eigenvalue weighted by Crippen LogP contribution is -2.33. The molecule has 142 valence electrons. The zero-order valence-corrected chi connectivity index (χ0v) is 15.1. The van der Waals surface area contributed by atoms with Crippen LogP contribution in [0.25, 0.3) is 11.2 Å². The number of benzene rings is 1. The fourth-order valence-electron chi connectivity index (χ4n) is 3.13. The number of thiol groups is 1. The van der Waals surface area contributed by atoms with Gasteiger partial charge in [0.05, 0.1) is 12.9 Å². The van der Waals surface area contributed by atoms with E-state index in [1.165, 1.54) is 17.2 Å². The Hall–Kier alpha value is -2.24. The van der Waals surface area contributed by atoms with E-state index in [1.807, 2.05) is 24.3 Å². The van der Waals surface area contributed by atoms with E-state index in [2.05, 4.69) is 32.9 Å². The summed E-state index contributed by atoms with van der Waals surface area (Å²) in [6.07, 6.45) is -1.30. The van der Waals surface area contributed by atoms with Gasteiger partial charge in [-0.05, 0) is 17.7 Å². The fraction of sp³-hybridized carbons (Fsp3) is 0.353. The molecule has 4 rings (SSSR count). The molecule has 9 nitrogen and oxygen atoms in total. The first-order chi connectivity index (χ1) is 13.1. The highest BCUT2D eigenvalue weighted by atomic mass is 32.1. The maximum absolute atomic E-state index is 10.2. The molecule has 0 radical (unpaired) electrons. The number of nitrogens with zero attached hydrogens (tertiary/aromatic N) is 4. The monoisotopic (exact) mass is 389 g/mol. The summed E-state index contributed by atoms with van der Waals surface area (Å²) in [6, 6.07) is 7.75. The van der Waals surface area contributed by atoms with Crippen molar-refractivity contribution in [3.63, 3.8) is 0 Å². The minimum Gasteiger partial charge on any atom is -0.394 e. The number of ether oxygens (including phenoxy) is 1. The average Bonchev–Trinajstić information content (AvgIpc) is 3.22. The van der Waals surface area contributed by atoms with Gasteiger partial charge in [0.25, 0.3) is 0 Å². The first-order valence-corrected chi connectivity index (χ1v) is 8.85. The lowest BCUT2D eigenvalue weighted by atomic mass is 10.1. The molecule has 3 aromatic rings.